The van der Waals surface area contributed by atoms with Crippen molar-refractivity contribution < 1.29 is 18.3 Å². The molecule has 0 rings (SSSR count). The molecule has 0 atom stereocenters. The van der Waals surface area contributed by atoms with E-state index in [1.807, 2.05) is 27.7 Å². The van der Waals surface area contributed by atoms with Crippen molar-refractivity contribution in [1.29, 1.82) is 0 Å². The van der Waals surface area contributed by atoms with Gasteiger partial charge in [0.15, 0.2) is 5.75 Å². The second kappa shape index (κ2) is 6.20. The van der Waals surface area contributed by atoms with E-state index in [-0.39, 0.29) is 5.92 Å². The second-order valence-corrected chi connectivity index (χ2v) is 6.46. The van der Waals surface area contributed by atoms with Crippen molar-refractivity contribution >= 4 is 16.0 Å². The molecule has 0 aliphatic rings. The Hall–Kier alpha value is -0.620. The van der Waals surface area contributed by atoms with Crippen LogP contribution in [0.1, 0.15) is 27.7 Å². The number of carboxylic acids is 1. The number of rotatable bonds is 7. The molecule has 0 saturated heterocycles. The highest BCUT2D eigenvalue weighted by Crippen LogP contribution is 2.19. The number of carbonyl (C=O) groups is 1. The van der Waals surface area contributed by atoms with Gasteiger partial charge in [-0.05, 0) is 17.8 Å². The molecular weight excluding hydrogens is 230 g/mol. The molecule has 0 unspecified atom stereocenters. The van der Waals surface area contributed by atoms with Crippen LogP contribution in [0.3, 0.4) is 0 Å². The summed E-state index contributed by atoms with van der Waals surface area (Å²) < 4.78 is 24.9. The molecule has 6 heteroatoms. The highest BCUT2D eigenvalue weighted by atomic mass is 32.2. The Kier molecular flexibility index (Phi) is 5.96. The summed E-state index contributed by atoms with van der Waals surface area (Å²) >= 11 is 0. The molecule has 0 aromatic rings. The van der Waals surface area contributed by atoms with Gasteiger partial charge in [0.25, 0.3) is 0 Å². The van der Waals surface area contributed by atoms with E-state index in [1.165, 1.54) is 0 Å². The number of aliphatic carboxylic acids is 1. The Morgan fingerprint density at radius 3 is 1.94 bits per heavy atom. The van der Waals surface area contributed by atoms with Gasteiger partial charge in [0.1, 0.15) is 0 Å². The first-order valence-corrected chi connectivity index (χ1v) is 7.00. The molecule has 0 radical (unpaired) electrons. The molecule has 0 saturated carbocycles. The molecule has 0 amide bonds. The lowest BCUT2D eigenvalue weighted by molar-refractivity contribution is -0.134. The van der Waals surface area contributed by atoms with E-state index in [1.54, 1.807) is 0 Å². The maximum atomic E-state index is 11.3. The van der Waals surface area contributed by atoms with Crippen molar-refractivity contribution in [2.24, 2.45) is 17.8 Å². The monoisotopic (exact) mass is 251 g/mol. The van der Waals surface area contributed by atoms with Crippen LogP contribution in [0.5, 0.6) is 0 Å². The lowest BCUT2D eigenvalue weighted by Gasteiger charge is -2.24. The Bertz CT molecular complexity index is 314. The average Bonchev–Trinajstić information content (AvgIpc) is 1.99. The number of hydrogen-bond donors (Lipinski definition) is 2. The Balaban J connectivity index is 4.36. The maximum absolute atomic E-state index is 11.3. The molecule has 0 spiro atoms. The van der Waals surface area contributed by atoms with Crippen LogP contribution in [-0.4, -0.2) is 31.8 Å². The van der Waals surface area contributed by atoms with E-state index in [2.05, 4.69) is 4.72 Å². The summed E-state index contributed by atoms with van der Waals surface area (Å²) in [6.45, 7) is 8.39. The first-order valence-electron chi connectivity index (χ1n) is 5.35. The van der Waals surface area contributed by atoms with Crippen molar-refractivity contribution in [2.75, 3.05) is 12.3 Å². The molecule has 0 aromatic heterocycles. The molecule has 0 bridgehead atoms. The zero-order chi connectivity index (χ0) is 12.9. The molecule has 96 valence electrons. The first-order chi connectivity index (χ1) is 7.15. The summed E-state index contributed by atoms with van der Waals surface area (Å²) in [4.78, 5) is 10.3. The third-order valence-electron chi connectivity index (χ3n) is 2.57. The van der Waals surface area contributed by atoms with Crippen LogP contribution >= 0.6 is 0 Å². The highest BCUT2D eigenvalue weighted by Gasteiger charge is 2.21. The van der Waals surface area contributed by atoms with E-state index in [9.17, 15) is 13.2 Å². The number of nitrogens with one attached hydrogen (secondary N) is 1. The van der Waals surface area contributed by atoms with Gasteiger partial charge in [-0.15, -0.1) is 0 Å². The minimum absolute atomic E-state index is 0.212. The van der Waals surface area contributed by atoms with Gasteiger partial charge in [-0.25, -0.2) is 13.1 Å². The van der Waals surface area contributed by atoms with Crippen LogP contribution in [0.25, 0.3) is 0 Å². The Labute approximate surface area is 97.3 Å². The summed E-state index contributed by atoms with van der Waals surface area (Å²) in [5.74, 6) is -1.28. The fraction of sp³-hybridized carbons (Fsp3) is 0.900. The van der Waals surface area contributed by atoms with Crippen molar-refractivity contribution in [3.63, 3.8) is 0 Å². The van der Waals surface area contributed by atoms with Gasteiger partial charge in [0.2, 0.25) is 10.0 Å². The third kappa shape index (κ3) is 6.07. The van der Waals surface area contributed by atoms with E-state index < -0.39 is 21.7 Å². The molecule has 2 N–H and O–H groups in total. The fourth-order valence-corrected chi connectivity index (χ4v) is 2.55. The van der Waals surface area contributed by atoms with Crippen molar-refractivity contribution in [2.45, 2.75) is 27.7 Å². The quantitative estimate of drug-likeness (QED) is 0.704. The van der Waals surface area contributed by atoms with Crippen LogP contribution in [0.4, 0.5) is 0 Å². The molecular formula is C10H21NO4S. The predicted octanol–water partition coefficient (Wildman–Crippen LogP) is 0.919. The number of sulfonamides is 1. The van der Waals surface area contributed by atoms with Gasteiger partial charge in [-0.2, -0.15) is 0 Å². The van der Waals surface area contributed by atoms with E-state index >= 15 is 0 Å². The predicted molar refractivity (Wildman–Crippen MR) is 62.6 cm³/mol. The minimum Gasteiger partial charge on any atom is -0.480 e. The van der Waals surface area contributed by atoms with Gasteiger partial charge in [-0.3, -0.25) is 4.79 Å². The molecule has 16 heavy (non-hydrogen) atoms. The Morgan fingerprint density at radius 1 is 1.19 bits per heavy atom. The minimum atomic E-state index is -3.69. The summed E-state index contributed by atoms with van der Waals surface area (Å²) in [6.07, 6.45) is 0. The zero-order valence-electron chi connectivity index (χ0n) is 10.2. The van der Waals surface area contributed by atoms with Crippen molar-refractivity contribution in [3.8, 4) is 0 Å². The summed E-state index contributed by atoms with van der Waals surface area (Å²) in [5, 5.41) is 8.41. The van der Waals surface area contributed by atoms with Crippen LogP contribution in [0.15, 0.2) is 0 Å². The normalized spacial score (nSPS) is 12.7. The van der Waals surface area contributed by atoms with Crippen LogP contribution in [0.2, 0.25) is 0 Å². The first kappa shape index (κ1) is 15.4. The highest BCUT2D eigenvalue weighted by molar-refractivity contribution is 7.90. The number of carboxylic acid groups (broad SMARTS) is 1. The van der Waals surface area contributed by atoms with Gasteiger partial charge in [0, 0.05) is 6.54 Å². The van der Waals surface area contributed by atoms with Crippen molar-refractivity contribution in [3.05, 3.63) is 0 Å². The standard InChI is InChI=1S/C10H21NO4S/c1-7(2)9(8(3)4)5-11-16(14,15)6-10(12)13/h7-9,11H,5-6H2,1-4H3,(H,12,13). The third-order valence-corrected chi connectivity index (χ3v) is 3.80. The number of hydrogen-bond acceptors (Lipinski definition) is 3. The SMILES string of the molecule is CC(C)C(CNS(=O)(=O)CC(=O)O)C(C)C. The van der Waals surface area contributed by atoms with Gasteiger partial charge < -0.3 is 5.11 Å². The van der Waals surface area contributed by atoms with Gasteiger partial charge in [0.05, 0.1) is 0 Å². The topological polar surface area (TPSA) is 83.5 Å². The van der Waals surface area contributed by atoms with E-state index in [4.69, 9.17) is 5.11 Å². The van der Waals surface area contributed by atoms with Crippen LogP contribution in [0, 0.1) is 17.8 Å². The molecule has 5 nitrogen and oxygen atoms in total. The Morgan fingerprint density at radius 2 is 1.62 bits per heavy atom. The molecule has 0 aromatic carbocycles. The summed E-state index contributed by atoms with van der Waals surface area (Å²) in [5.41, 5.74) is 0. The van der Waals surface area contributed by atoms with Gasteiger partial charge in [-0.1, -0.05) is 27.7 Å². The smallest absolute Gasteiger partial charge is 0.320 e. The lowest BCUT2D eigenvalue weighted by atomic mass is 9.86. The van der Waals surface area contributed by atoms with Crippen molar-refractivity contribution in [1.82, 2.24) is 4.72 Å². The fourth-order valence-electron chi connectivity index (χ4n) is 1.68. The van der Waals surface area contributed by atoms with E-state index in [0.29, 0.717) is 18.4 Å². The molecule has 0 fully saturated rings. The second-order valence-electron chi connectivity index (χ2n) is 4.65. The van der Waals surface area contributed by atoms with Gasteiger partial charge >= 0.3 is 5.97 Å². The summed E-state index contributed by atoms with van der Waals surface area (Å²) in [7, 11) is -3.69. The molecule has 0 aliphatic heterocycles. The molecule has 0 heterocycles. The van der Waals surface area contributed by atoms with Crippen LogP contribution < -0.4 is 4.72 Å². The zero-order valence-corrected chi connectivity index (χ0v) is 11.0. The van der Waals surface area contributed by atoms with Crippen LogP contribution in [-0.2, 0) is 14.8 Å². The average molecular weight is 251 g/mol. The molecule has 0 aliphatic carbocycles. The summed E-state index contributed by atoms with van der Waals surface area (Å²) in [6, 6.07) is 0. The largest absolute Gasteiger partial charge is 0.480 e. The van der Waals surface area contributed by atoms with E-state index in [0.717, 1.165) is 0 Å². The maximum Gasteiger partial charge on any atom is 0.320 e. The lowest BCUT2D eigenvalue weighted by Crippen LogP contribution is -2.36.